The van der Waals surface area contributed by atoms with Gasteiger partial charge >= 0.3 is 11.9 Å². The Kier molecular flexibility index (Phi) is 4.05. The summed E-state index contributed by atoms with van der Waals surface area (Å²) < 4.78 is 9.33. The first-order chi connectivity index (χ1) is 7.19. The average molecular weight is 212 g/mol. The number of ether oxygens (including phenoxy) is 2. The highest BCUT2D eigenvalue weighted by molar-refractivity contribution is 5.96. The summed E-state index contributed by atoms with van der Waals surface area (Å²) in [7, 11) is 0. The van der Waals surface area contributed by atoms with Crippen LogP contribution in [0.1, 0.15) is 6.92 Å². The fraction of sp³-hybridized carbons (Fsp3) is 0.400. The number of carbonyl (C=O) groups excluding carboxylic acids is 2. The Morgan fingerprint density at radius 2 is 2.40 bits per heavy atom. The van der Waals surface area contributed by atoms with Crippen LogP contribution in [0.15, 0.2) is 23.3 Å². The van der Waals surface area contributed by atoms with Gasteiger partial charge in [0.05, 0.1) is 18.8 Å². The van der Waals surface area contributed by atoms with Gasteiger partial charge in [0.25, 0.3) is 0 Å². The van der Waals surface area contributed by atoms with Crippen molar-refractivity contribution >= 4 is 11.9 Å². The highest BCUT2D eigenvalue weighted by Gasteiger charge is 2.21. The van der Waals surface area contributed by atoms with Crippen molar-refractivity contribution in [2.24, 2.45) is 0 Å². The van der Waals surface area contributed by atoms with Crippen LogP contribution in [0.2, 0.25) is 0 Å². The molecule has 5 heteroatoms. The van der Waals surface area contributed by atoms with Gasteiger partial charge in [-0.2, -0.15) is 0 Å². The van der Waals surface area contributed by atoms with E-state index in [-0.39, 0.29) is 25.4 Å². The zero-order valence-electron chi connectivity index (χ0n) is 8.36. The first kappa shape index (κ1) is 11.5. The van der Waals surface area contributed by atoms with E-state index in [1.54, 1.807) is 6.92 Å². The van der Waals surface area contributed by atoms with Crippen molar-refractivity contribution in [2.45, 2.75) is 6.92 Å². The zero-order chi connectivity index (χ0) is 11.3. The van der Waals surface area contributed by atoms with Crippen LogP contribution in [0.4, 0.5) is 0 Å². The normalized spacial score (nSPS) is 16.0. The lowest BCUT2D eigenvalue weighted by Crippen LogP contribution is -2.01. The maximum absolute atomic E-state index is 11.1. The average Bonchev–Trinajstić information content (AvgIpc) is 2.57. The van der Waals surface area contributed by atoms with Gasteiger partial charge in [-0.15, -0.1) is 0 Å². The summed E-state index contributed by atoms with van der Waals surface area (Å²) in [6, 6.07) is 0. The topological polar surface area (TPSA) is 72.8 Å². The lowest BCUT2D eigenvalue weighted by Gasteiger charge is -1.95. The molecule has 0 radical (unpaired) electrons. The van der Waals surface area contributed by atoms with E-state index in [2.05, 4.69) is 9.47 Å². The molecular formula is C10H12O5. The quantitative estimate of drug-likeness (QED) is 0.522. The molecule has 0 unspecified atom stereocenters. The third-order valence-electron chi connectivity index (χ3n) is 1.84. The van der Waals surface area contributed by atoms with E-state index in [9.17, 15) is 9.59 Å². The van der Waals surface area contributed by atoms with Crippen LogP contribution >= 0.6 is 0 Å². The predicted molar refractivity (Wildman–Crippen MR) is 50.8 cm³/mol. The molecule has 82 valence electrons. The van der Waals surface area contributed by atoms with E-state index in [1.165, 1.54) is 6.08 Å². The number of cyclic esters (lactones) is 1. The van der Waals surface area contributed by atoms with Crippen molar-refractivity contribution in [2.75, 3.05) is 19.8 Å². The summed E-state index contributed by atoms with van der Waals surface area (Å²) in [6.07, 6.45) is 2.44. The van der Waals surface area contributed by atoms with Gasteiger partial charge in [-0.1, -0.05) is 0 Å². The maximum Gasteiger partial charge on any atom is 0.338 e. The van der Waals surface area contributed by atoms with E-state index in [1.807, 2.05) is 0 Å². The van der Waals surface area contributed by atoms with Gasteiger partial charge in [-0.3, -0.25) is 0 Å². The van der Waals surface area contributed by atoms with Crippen molar-refractivity contribution in [3.63, 3.8) is 0 Å². The van der Waals surface area contributed by atoms with Crippen LogP contribution in [-0.4, -0.2) is 36.9 Å². The Labute approximate surface area is 87.0 Å². The minimum absolute atomic E-state index is 0.0812. The zero-order valence-corrected chi connectivity index (χ0v) is 8.36. The SMILES string of the molecule is CCOC(=O)/C=C/C1=C(CO)COC1=O. The van der Waals surface area contributed by atoms with Gasteiger partial charge in [0.15, 0.2) is 0 Å². The fourth-order valence-electron chi connectivity index (χ4n) is 1.11. The van der Waals surface area contributed by atoms with Gasteiger partial charge in [0, 0.05) is 11.6 Å². The largest absolute Gasteiger partial charge is 0.463 e. The molecule has 0 bridgehead atoms. The summed E-state index contributed by atoms with van der Waals surface area (Å²) in [5.74, 6) is -1.05. The molecule has 0 aromatic heterocycles. The third kappa shape index (κ3) is 2.92. The van der Waals surface area contributed by atoms with Gasteiger partial charge in [0.2, 0.25) is 0 Å². The molecule has 1 rings (SSSR count). The van der Waals surface area contributed by atoms with E-state index in [0.29, 0.717) is 5.57 Å². The van der Waals surface area contributed by atoms with Crippen LogP contribution in [0.5, 0.6) is 0 Å². The Hall–Kier alpha value is -1.62. The maximum atomic E-state index is 11.1. The first-order valence-corrected chi connectivity index (χ1v) is 4.53. The van der Waals surface area contributed by atoms with E-state index in [0.717, 1.165) is 6.08 Å². The number of rotatable bonds is 4. The van der Waals surface area contributed by atoms with Crippen LogP contribution in [0.25, 0.3) is 0 Å². The Bertz CT molecular complexity index is 327. The third-order valence-corrected chi connectivity index (χ3v) is 1.84. The molecule has 1 aliphatic heterocycles. The number of hydrogen-bond acceptors (Lipinski definition) is 5. The highest BCUT2D eigenvalue weighted by Crippen LogP contribution is 2.16. The van der Waals surface area contributed by atoms with Crippen molar-refractivity contribution in [3.05, 3.63) is 23.3 Å². The summed E-state index contributed by atoms with van der Waals surface area (Å²) in [4.78, 5) is 22.1. The number of aliphatic hydroxyl groups is 1. The molecule has 1 N–H and O–H groups in total. The lowest BCUT2D eigenvalue weighted by molar-refractivity contribution is -0.137. The molecule has 1 aliphatic rings. The lowest BCUT2D eigenvalue weighted by atomic mass is 10.1. The smallest absolute Gasteiger partial charge is 0.338 e. The molecule has 0 spiro atoms. The molecular weight excluding hydrogens is 200 g/mol. The summed E-state index contributed by atoms with van der Waals surface area (Å²) >= 11 is 0. The molecule has 15 heavy (non-hydrogen) atoms. The van der Waals surface area contributed by atoms with Gasteiger partial charge < -0.3 is 14.6 Å². The standard InChI is InChI=1S/C10H12O5/c1-2-14-9(12)4-3-8-7(5-11)6-15-10(8)13/h3-4,11H,2,5-6H2,1H3/b4-3+. The van der Waals surface area contributed by atoms with Crippen molar-refractivity contribution in [1.82, 2.24) is 0 Å². The molecule has 0 amide bonds. The van der Waals surface area contributed by atoms with Crippen LogP contribution in [-0.2, 0) is 19.1 Å². The van der Waals surface area contributed by atoms with Crippen LogP contribution in [0.3, 0.4) is 0 Å². The molecule has 0 aromatic carbocycles. The van der Waals surface area contributed by atoms with E-state index in [4.69, 9.17) is 5.11 Å². The second-order valence-electron chi connectivity index (χ2n) is 2.84. The van der Waals surface area contributed by atoms with Crippen molar-refractivity contribution in [3.8, 4) is 0 Å². The van der Waals surface area contributed by atoms with Gasteiger partial charge in [-0.25, -0.2) is 9.59 Å². The molecule has 0 atom stereocenters. The van der Waals surface area contributed by atoms with Crippen LogP contribution in [0, 0.1) is 0 Å². The van der Waals surface area contributed by atoms with Crippen molar-refractivity contribution < 1.29 is 24.2 Å². The Morgan fingerprint density at radius 3 is 3.00 bits per heavy atom. The first-order valence-electron chi connectivity index (χ1n) is 4.53. The van der Waals surface area contributed by atoms with E-state index < -0.39 is 11.9 Å². The second-order valence-corrected chi connectivity index (χ2v) is 2.84. The highest BCUT2D eigenvalue weighted by atomic mass is 16.5. The molecule has 0 aromatic rings. The van der Waals surface area contributed by atoms with Gasteiger partial charge in [-0.05, 0) is 13.0 Å². The molecule has 0 fully saturated rings. The molecule has 0 aliphatic carbocycles. The minimum atomic E-state index is -0.528. The number of hydrogen-bond donors (Lipinski definition) is 1. The molecule has 0 saturated carbocycles. The summed E-state index contributed by atoms with van der Waals surface area (Å²) in [5, 5.41) is 8.88. The predicted octanol–water partition coefficient (Wildman–Crippen LogP) is -0.0486. The van der Waals surface area contributed by atoms with Crippen molar-refractivity contribution in [1.29, 1.82) is 0 Å². The number of aliphatic hydroxyl groups excluding tert-OH is 1. The minimum Gasteiger partial charge on any atom is -0.463 e. The molecule has 1 heterocycles. The monoisotopic (exact) mass is 212 g/mol. The van der Waals surface area contributed by atoms with Gasteiger partial charge in [0.1, 0.15) is 6.61 Å². The Balaban J connectivity index is 2.71. The molecule has 5 nitrogen and oxygen atoms in total. The fourth-order valence-corrected chi connectivity index (χ4v) is 1.11. The van der Waals surface area contributed by atoms with Crippen LogP contribution < -0.4 is 0 Å². The number of esters is 2. The molecule has 0 saturated heterocycles. The number of carbonyl (C=O) groups is 2. The summed E-state index contributed by atoms with van der Waals surface area (Å²) in [5.41, 5.74) is 0.700. The Morgan fingerprint density at radius 1 is 1.67 bits per heavy atom. The second kappa shape index (κ2) is 5.31. The summed E-state index contributed by atoms with van der Waals surface area (Å²) in [6.45, 7) is 1.79. The van der Waals surface area contributed by atoms with E-state index >= 15 is 0 Å².